The smallest absolute Gasteiger partial charge is 0.263 e. The van der Waals surface area contributed by atoms with E-state index in [1.54, 1.807) is 17.5 Å². The quantitative estimate of drug-likeness (QED) is 0.766. The van der Waals surface area contributed by atoms with E-state index >= 15 is 0 Å². The number of hydrogen-bond donors (Lipinski definition) is 3. The molecule has 0 aromatic carbocycles. The lowest BCUT2D eigenvalue weighted by Crippen LogP contribution is -2.21. The SMILES string of the molecule is CC(C)NCc1cc(S(=O)(=O)Nc2ccsc2)c[nH]1. The topological polar surface area (TPSA) is 74.0 Å². The van der Waals surface area contributed by atoms with Gasteiger partial charge in [0.2, 0.25) is 0 Å². The van der Waals surface area contributed by atoms with Gasteiger partial charge >= 0.3 is 0 Å². The molecule has 104 valence electrons. The van der Waals surface area contributed by atoms with Gasteiger partial charge in [-0.2, -0.15) is 11.3 Å². The second kappa shape index (κ2) is 5.77. The first-order valence-electron chi connectivity index (χ1n) is 5.93. The molecule has 0 saturated carbocycles. The minimum Gasteiger partial charge on any atom is -0.363 e. The Hall–Kier alpha value is -1.31. The third kappa shape index (κ3) is 3.82. The van der Waals surface area contributed by atoms with E-state index in [9.17, 15) is 8.42 Å². The van der Waals surface area contributed by atoms with Gasteiger partial charge in [-0.25, -0.2) is 8.42 Å². The summed E-state index contributed by atoms with van der Waals surface area (Å²) in [6.45, 7) is 4.70. The maximum absolute atomic E-state index is 12.1. The van der Waals surface area contributed by atoms with Gasteiger partial charge in [0.1, 0.15) is 4.90 Å². The number of H-pyrrole nitrogens is 1. The van der Waals surface area contributed by atoms with Crippen LogP contribution in [-0.2, 0) is 16.6 Å². The van der Waals surface area contributed by atoms with E-state index in [2.05, 4.69) is 15.0 Å². The third-order valence-corrected chi connectivity index (χ3v) is 4.54. The Labute approximate surface area is 117 Å². The first-order valence-corrected chi connectivity index (χ1v) is 8.35. The first-order chi connectivity index (χ1) is 8.97. The second-order valence-corrected chi connectivity index (χ2v) is 6.98. The molecule has 0 atom stereocenters. The van der Waals surface area contributed by atoms with E-state index in [1.807, 2.05) is 19.2 Å². The summed E-state index contributed by atoms with van der Waals surface area (Å²) in [6.07, 6.45) is 1.51. The molecule has 0 unspecified atom stereocenters. The minimum atomic E-state index is -3.50. The summed E-state index contributed by atoms with van der Waals surface area (Å²) < 4.78 is 26.7. The van der Waals surface area contributed by atoms with E-state index in [4.69, 9.17) is 0 Å². The van der Waals surface area contributed by atoms with Crippen molar-refractivity contribution in [2.45, 2.75) is 31.3 Å². The zero-order chi connectivity index (χ0) is 13.9. The van der Waals surface area contributed by atoms with Gasteiger partial charge < -0.3 is 10.3 Å². The van der Waals surface area contributed by atoms with Gasteiger partial charge in [0.25, 0.3) is 10.0 Å². The van der Waals surface area contributed by atoms with Crippen LogP contribution < -0.4 is 10.0 Å². The fourth-order valence-corrected chi connectivity index (χ4v) is 3.26. The van der Waals surface area contributed by atoms with Crippen molar-refractivity contribution < 1.29 is 8.42 Å². The molecule has 2 rings (SSSR count). The fraction of sp³-hybridized carbons (Fsp3) is 0.333. The summed E-state index contributed by atoms with van der Waals surface area (Å²) in [5, 5.41) is 6.81. The van der Waals surface area contributed by atoms with Crippen LogP contribution in [0.25, 0.3) is 0 Å². The van der Waals surface area contributed by atoms with Crippen LogP contribution in [-0.4, -0.2) is 19.4 Å². The van der Waals surface area contributed by atoms with Crippen molar-refractivity contribution in [2.75, 3.05) is 4.72 Å². The highest BCUT2D eigenvalue weighted by Crippen LogP contribution is 2.18. The normalized spacial score (nSPS) is 11.9. The lowest BCUT2D eigenvalue weighted by molar-refractivity contribution is 0.582. The summed E-state index contributed by atoms with van der Waals surface area (Å²) in [6, 6.07) is 3.73. The number of anilines is 1. The van der Waals surface area contributed by atoms with E-state index in [1.165, 1.54) is 17.5 Å². The highest BCUT2D eigenvalue weighted by Gasteiger charge is 2.16. The molecule has 7 heteroatoms. The molecule has 2 aromatic rings. The van der Waals surface area contributed by atoms with Crippen molar-refractivity contribution in [3.05, 3.63) is 34.8 Å². The Kier molecular flexibility index (Phi) is 4.28. The lowest BCUT2D eigenvalue weighted by Gasteiger charge is -2.05. The van der Waals surface area contributed by atoms with Crippen LogP contribution in [0, 0.1) is 0 Å². The lowest BCUT2D eigenvalue weighted by atomic mass is 10.3. The van der Waals surface area contributed by atoms with Crippen LogP contribution in [0.4, 0.5) is 5.69 Å². The highest BCUT2D eigenvalue weighted by molar-refractivity contribution is 7.92. The predicted octanol–water partition coefficient (Wildman–Crippen LogP) is 2.38. The Morgan fingerprint density at radius 1 is 1.42 bits per heavy atom. The van der Waals surface area contributed by atoms with Crippen molar-refractivity contribution in [1.82, 2.24) is 10.3 Å². The Morgan fingerprint density at radius 3 is 2.84 bits per heavy atom. The Morgan fingerprint density at radius 2 is 2.21 bits per heavy atom. The highest BCUT2D eigenvalue weighted by atomic mass is 32.2. The van der Waals surface area contributed by atoms with Crippen LogP contribution in [0.2, 0.25) is 0 Å². The van der Waals surface area contributed by atoms with E-state index in [0.717, 1.165) is 5.69 Å². The number of nitrogens with one attached hydrogen (secondary N) is 3. The van der Waals surface area contributed by atoms with E-state index < -0.39 is 10.0 Å². The number of sulfonamides is 1. The molecule has 0 fully saturated rings. The van der Waals surface area contributed by atoms with Gasteiger partial charge in [0.15, 0.2) is 0 Å². The molecule has 19 heavy (non-hydrogen) atoms. The van der Waals surface area contributed by atoms with Crippen LogP contribution >= 0.6 is 11.3 Å². The molecular weight excluding hydrogens is 282 g/mol. The summed E-state index contributed by atoms with van der Waals surface area (Å²) in [5.41, 5.74) is 1.44. The van der Waals surface area contributed by atoms with E-state index in [0.29, 0.717) is 18.3 Å². The maximum atomic E-state index is 12.1. The van der Waals surface area contributed by atoms with Crippen molar-refractivity contribution >= 4 is 27.0 Å². The van der Waals surface area contributed by atoms with Crippen LogP contribution in [0.1, 0.15) is 19.5 Å². The minimum absolute atomic E-state index is 0.249. The Balaban J connectivity index is 2.08. The van der Waals surface area contributed by atoms with Gasteiger partial charge in [-0.3, -0.25) is 4.72 Å². The number of aromatic amines is 1. The molecule has 2 aromatic heterocycles. The average molecular weight is 299 g/mol. The van der Waals surface area contributed by atoms with Crippen molar-refractivity contribution in [2.24, 2.45) is 0 Å². The molecule has 0 aliphatic rings. The largest absolute Gasteiger partial charge is 0.363 e. The molecular formula is C12H17N3O2S2. The number of aromatic nitrogens is 1. The molecule has 3 N–H and O–H groups in total. The average Bonchev–Trinajstić information content (AvgIpc) is 2.96. The molecule has 0 spiro atoms. The molecule has 2 heterocycles. The molecule has 0 aliphatic carbocycles. The maximum Gasteiger partial charge on any atom is 0.263 e. The van der Waals surface area contributed by atoms with E-state index in [-0.39, 0.29) is 4.90 Å². The molecule has 0 amide bonds. The zero-order valence-corrected chi connectivity index (χ0v) is 12.4. The van der Waals surface area contributed by atoms with Crippen LogP contribution in [0.3, 0.4) is 0 Å². The molecule has 0 bridgehead atoms. The van der Waals surface area contributed by atoms with Crippen molar-refractivity contribution in [3.8, 4) is 0 Å². The molecule has 5 nitrogen and oxygen atoms in total. The second-order valence-electron chi connectivity index (χ2n) is 4.51. The van der Waals surface area contributed by atoms with Crippen molar-refractivity contribution in [3.63, 3.8) is 0 Å². The molecule has 0 saturated heterocycles. The monoisotopic (exact) mass is 299 g/mol. The first kappa shape index (κ1) is 14.1. The number of thiophene rings is 1. The number of hydrogen-bond acceptors (Lipinski definition) is 4. The fourth-order valence-electron chi connectivity index (χ4n) is 1.53. The standard InChI is InChI=1S/C12H17N3O2S2/c1-9(2)13-6-11-5-12(7-14-11)19(16,17)15-10-3-4-18-8-10/h3-5,7-9,13-15H,6H2,1-2H3. The zero-order valence-electron chi connectivity index (χ0n) is 10.8. The van der Waals surface area contributed by atoms with Gasteiger partial charge in [-0.1, -0.05) is 13.8 Å². The molecule has 0 aliphatic heterocycles. The van der Waals surface area contributed by atoms with Crippen LogP contribution in [0.15, 0.2) is 34.0 Å². The summed E-state index contributed by atoms with van der Waals surface area (Å²) in [4.78, 5) is 3.22. The summed E-state index contributed by atoms with van der Waals surface area (Å²) >= 11 is 1.45. The summed E-state index contributed by atoms with van der Waals surface area (Å²) in [5.74, 6) is 0. The molecule has 0 radical (unpaired) electrons. The summed E-state index contributed by atoms with van der Waals surface area (Å²) in [7, 11) is -3.50. The van der Waals surface area contributed by atoms with Crippen molar-refractivity contribution in [1.29, 1.82) is 0 Å². The van der Waals surface area contributed by atoms with Gasteiger partial charge in [-0.05, 0) is 17.5 Å². The van der Waals surface area contributed by atoms with Gasteiger partial charge in [0, 0.05) is 29.9 Å². The third-order valence-electron chi connectivity index (χ3n) is 2.50. The number of rotatable bonds is 6. The van der Waals surface area contributed by atoms with Gasteiger partial charge in [0.05, 0.1) is 5.69 Å². The van der Waals surface area contributed by atoms with Crippen LogP contribution in [0.5, 0.6) is 0 Å². The van der Waals surface area contributed by atoms with Gasteiger partial charge in [-0.15, -0.1) is 0 Å². The predicted molar refractivity (Wildman–Crippen MR) is 77.9 cm³/mol. The Bertz CT molecular complexity index is 615.